The zero-order valence-corrected chi connectivity index (χ0v) is 30.4. The van der Waals surface area contributed by atoms with Crippen LogP contribution in [0.15, 0.2) is 42.2 Å². The van der Waals surface area contributed by atoms with Crippen LogP contribution in [0.4, 0.5) is 0 Å². The van der Waals surface area contributed by atoms with Crippen LogP contribution in [0.5, 0.6) is 0 Å². The molecule has 0 radical (unpaired) electrons. The Morgan fingerprint density at radius 3 is 1.25 bits per heavy atom. The molecule has 1 aromatic carbocycles. The van der Waals surface area contributed by atoms with Crippen molar-refractivity contribution in [2.24, 2.45) is 11.8 Å². The first-order valence-corrected chi connectivity index (χ1v) is 17.3. The molecule has 0 amide bonds. The normalized spacial score (nSPS) is 47.3. The predicted molar refractivity (Wildman–Crippen MR) is 166 cm³/mol. The van der Waals surface area contributed by atoms with E-state index < -0.39 is 0 Å². The van der Waals surface area contributed by atoms with E-state index in [1.807, 2.05) is 0 Å². The molecule has 10 heteroatoms. The first-order chi connectivity index (χ1) is 14.8. The minimum atomic E-state index is -0.244. The Labute approximate surface area is 265 Å². The van der Waals surface area contributed by atoms with Crippen LogP contribution >= 0.6 is 151 Å². The van der Waals surface area contributed by atoms with Crippen LogP contribution in [-0.2, 0) is 12.8 Å². The summed E-state index contributed by atoms with van der Waals surface area (Å²) in [5.41, 5.74) is 2.68. The second-order valence-electron chi connectivity index (χ2n) is 9.25. The summed E-state index contributed by atoms with van der Waals surface area (Å²) in [4.78, 5) is 0. The third-order valence-electron chi connectivity index (χ3n) is 7.63. The van der Waals surface area contributed by atoms with Crippen molar-refractivity contribution < 1.29 is 0 Å². The van der Waals surface area contributed by atoms with Gasteiger partial charge in [0.15, 0.2) is 0 Å². The van der Waals surface area contributed by atoms with E-state index in [9.17, 15) is 0 Å². The van der Waals surface area contributed by atoms with Gasteiger partial charge in [0, 0.05) is 29.8 Å². The van der Waals surface area contributed by atoms with E-state index in [1.165, 1.54) is 11.1 Å². The van der Waals surface area contributed by atoms with E-state index in [4.69, 9.17) is 23.2 Å². The summed E-state index contributed by atoms with van der Waals surface area (Å²) in [6.45, 7) is 0. The average Bonchev–Trinajstić information content (AvgIpc) is 3.23. The molecule has 8 atom stereocenters. The van der Waals surface area contributed by atoms with Gasteiger partial charge in [-0.3, -0.25) is 0 Å². The quantitative estimate of drug-likeness (QED) is 0.264. The Kier molecular flexibility index (Phi) is 7.37. The lowest BCUT2D eigenvalue weighted by atomic mass is 9.81. The molecule has 0 saturated heterocycles. The molecule has 4 aliphatic carbocycles. The maximum absolute atomic E-state index is 7.07. The van der Waals surface area contributed by atoms with Gasteiger partial charge in [-0.2, -0.15) is 0 Å². The third-order valence-corrected chi connectivity index (χ3v) is 22.0. The first kappa shape index (κ1) is 26.7. The minimum absolute atomic E-state index is 0.0322. The Morgan fingerprint density at radius 2 is 0.938 bits per heavy atom. The van der Waals surface area contributed by atoms with E-state index in [1.54, 1.807) is 0 Å². The molecule has 174 valence electrons. The van der Waals surface area contributed by atoms with Gasteiger partial charge in [0.25, 0.3) is 0 Å². The monoisotopic (exact) mass is 981 g/mol. The highest BCUT2D eigenvalue weighted by Gasteiger charge is 2.68. The number of hydrogen-bond donors (Lipinski definition) is 0. The minimum Gasteiger partial charge on any atom is -0.121 e. The van der Waals surface area contributed by atoms with Crippen LogP contribution < -0.4 is 0 Å². The van der Waals surface area contributed by atoms with Crippen LogP contribution in [0.25, 0.3) is 0 Å². The van der Waals surface area contributed by atoms with Crippen molar-refractivity contribution in [2.75, 3.05) is 0 Å². The molecule has 8 unspecified atom stereocenters. The van der Waals surface area contributed by atoms with Crippen LogP contribution in [-0.4, -0.2) is 28.1 Å². The number of hydrogen-bond acceptors (Lipinski definition) is 0. The lowest BCUT2D eigenvalue weighted by molar-refractivity contribution is 0.471. The van der Waals surface area contributed by atoms with Gasteiger partial charge in [-0.05, 0) is 36.8 Å². The Bertz CT molecular complexity index is 991. The smallest absolute Gasteiger partial charge is 0.0763 e. The predicted octanol–water partition coefficient (Wildman–Crippen LogP) is 10.6. The molecule has 4 aliphatic rings. The summed E-state index contributed by atoms with van der Waals surface area (Å²) in [7, 11) is 0. The van der Waals surface area contributed by atoms with Crippen LogP contribution in [0, 0.1) is 11.8 Å². The maximum atomic E-state index is 7.07. The molecule has 32 heavy (non-hydrogen) atoms. The van der Waals surface area contributed by atoms with Gasteiger partial charge in [-0.25, -0.2) is 0 Å². The van der Waals surface area contributed by atoms with Crippen molar-refractivity contribution >= 4 is 151 Å². The highest BCUT2D eigenvalue weighted by Crippen LogP contribution is 2.71. The topological polar surface area (TPSA) is 0 Å². The average molecular weight is 991 g/mol. The molecule has 0 nitrogen and oxygen atoms in total. The molecule has 2 saturated carbocycles. The van der Waals surface area contributed by atoms with Gasteiger partial charge in [0.05, 0.1) is 28.1 Å². The molecule has 1 aromatic rings. The van der Waals surface area contributed by atoms with E-state index in [0.29, 0.717) is 0 Å². The number of rotatable bonds is 4. The molecule has 0 heterocycles. The van der Waals surface area contributed by atoms with E-state index in [-0.39, 0.29) is 39.9 Å². The molecule has 5 rings (SSSR count). The Hall–Kier alpha value is 3.12. The first-order valence-electron chi connectivity index (χ1n) is 10.0. The summed E-state index contributed by atoms with van der Waals surface area (Å²) in [5.74, 6) is 0.488. The molecule has 4 bridgehead atoms. The van der Waals surface area contributed by atoms with Crippen molar-refractivity contribution in [2.45, 2.75) is 53.7 Å². The van der Waals surface area contributed by atoms with Crippen molar-refractivity contribution in [3.8, 4) is 0 Å². The van der Waals surface area contributed by atoms with Gasteiger partial charge in [-0.15, -0.1) is 23.2 Å². The van der Waals surface area contributed by atoms with Gasteiger partial charge in [0.1, 0.15) is 0 Å². The van der Waals surface area contributed by atoms with Gasteiger partial charge in [0.2, 0.25) is 0 Å². The molecular formula is C22H16Br8Cl2. The summed E-state index contributed by atoms with van der Waals surface area (Å²) < 4.78 is 3.71. The second-order valence-corrected chi connectivity index (χ2v) is 19.0. The molecule has 2 fully saturated rings. The zero-order chi connectivity index (χ0) is 23.4. The van der Waals surface area contributed by atoms with Crippen molar-refractivity contribution in [3.05, 3.63) is 53.3 Å². The fraction of sp³-hybridized carbons (Fsp3) is 0.545. The number of allylic oxidation sites excluding steroid dienone is 4. The highest BCUT2D eigenvalue weighted by atomic mass is 79.9. The van der Waals surface area contributed by atoms with E-state index >= 15 is 0 Å². The van der Waals surface area contributed by atoms with Crippen LogP contribution in [0.1, 0.15) is 24.0 Å². The van der Waals surface area contributed by atoms with E-state index in [2.05, 4.69) is 152 Å². The van der Waals surface area contributed by atoms with Crippen molar-refractivity contribution in [1.82, 2.24) is 0 Å². The van der Waals surface area contributed by atoms with Gasteiger partial charge < -0.3 is 0 Å². The standard InChI is InChI=1S/C22H16Br8Cl2/c23-13-15(25)21(29)7-19(13,27)11(17(21)31)5-9-3-1-2-4-10(9)6-12-18(32)22(30)8-20(12,28)14(24)16(22)26/h1-4,11-12,17-18H,5-8H2. The molecule has 0 spiro atoms. The number of alkyl halides is 6. The number of halogens is 10. The van der Waals surface area contributed by atoms with Crippen LogP contribution in [0.2, 0.25) is 0 Å². The molecule has 0 N–H and O–H groups in total. The Balaban J connectivity index is 1.46. The largest absolute Gasteiger partial charge is 0.121 e. The number of fused-ring (bicyclic) bond motifs is 4. The van der Waals surface area contributed by atoms with Gasteiger partial charge >= 0.3 is 0 Å². The lowest BCUT2D eigenvalue weighted by Crippen LogP contribution is -2.39. The summed E-state index contributed by atoms with van der Waals surface area (Å²) in [6, 6.07) is 8.75. The number of benzene rings is 1. The summed E-state index contributed by atoms with van der Waals surface area (Å²) >= 11 is 45.4. The van der Waals surface area contributed by atoms with E-state index in [0.717, 1.165) is 43.6 Å². The van der Waals surface area contributed by atoms with Gasteiger partial charge in [-0.1, -0.05) is 152 Å². The summed E-state index contributed by atoms with van der Waals surface area (Å²) in [5, 5.41) is -0.0644. The second kappa shape index (κ2) is 8.83. The lowest BCUT2D eigenvalue weighted by Gasteiger charge is -2.37. The molecule has 0 aliphatic heterocycles. The SMILES string of the molecule is ClC1C(Cc2ccccc2CC2C(Cl)C3(Br)CC2(Br)C(Br)=C3Br)C2(Br)CC1(Br)C(Br)=C2Br. The maximum Gasteiger partial charge on any atom is 0.0763 e. The molecular weight excluding hydrogens is 974 g/mol. The Morgan fingerprint density at radius 1 is 0.625 bits per heavy atom. The fourth-order valence-electron chi connectivity index (χ4n) is 5.88. The summed E-state index contributed by atoms with van der Waals surface area (Å²) in [6.07, 6.45) is 3.62. The fourth-order valence-corrected chi connectivity index (χ4v) is 16.4. The van der Waals surface area contributed by atoms with Crippen molar-refractivity contribution in [3.63, 3.8) is 0 Å². The zero-order valence-electron chi connectivity index (χ0n) is 16.2. The molecule has 0 aromatic heterocycles. The van der Waals surface area contributed by atoms with Crippen molar-refractivity contribution in [1.29, 1.82) is 0 Å². The third kappa shape index (κ3) is 3.55. The van der Waals surface area contributed by atoms with Crippen LogP contribution in [0.3, 0.4) is 0 Å². The highest BCUT2D eigenvalue weighted by molar-refractivity contribution is 9.17.